The summed E-state index contributed by atoms with van der Waals surface area (Å²) in [5.41, 5.74) is 4.61. The second-order valence-corrected chi connectivity index (χ2v) is 7.66. The average molecular weight is 421 g/mol. The molecular formula is C23H18ClFN4O. The minimum absolute atomic E-state index is 0.0341. The quantitative estimate of drug-likeness (QED) is 0.447. The molecule has 2 N–H and O–H groups in total. The van der Waals surface area contributed by atoms with Gasteiger partial charge in [-0.15, -0.1) is 0 Å². The first-order chi connectivity index (χ1) is 14.6. The van der Waals surface area contributed by atoms with Gasteiger partial charge in [0.2, 0.25) is 0 Å². The number of aromatic nitrogens is 2. The number of hydrogen-bond acceptors (Lipinski definition) is 2. The smallest absolute Gasteiger partial charge is 0.322 e. The molecule has 2 aromatic carbocycles. The summed E-state index contributed by atoms with van der Waals surface area (Å²) in [7, 11) is 0. The van der Waals surface area contributed by atoms with Crippen LogP contribution in [0.25, 0.3) is 10.9 Å². The van der Waals surface area contributed by atoms with Gasteiger partial charge in [-0.05, 0) is 47.9 Å². The van der Waals surface area contributed by atoms with Crippen molar-refractivity contribution in [3.63, 3.8) is 0 Å². The number of amides is 2. The molecule has 4 aromatic rings. The van der Waals surface area contributed by atoms with Crippen molar-refractivity contribution in [3.05, 3.63) is 94.7 Å². The fourth-order valence-electron chi connectivity index (χ4n) is 4.11. The van der Waals surface area contributed by atoms with Crippen LogP contribution in [0.1, 0.15) is 22.9 Å². The van der Waals surface area contributed by atoms with Crippen LogP contribution >= 0.6 is 11.6 Å². The van der Waals surface area contributed by atoms with E-state index in [4.69, 9.17) is 11.6 Å². The molecule has 2 amide bonds. The van der Waals surface area contributed by atoms with Crippen molar-refractivity contribution in [2.24, 2.45) is 0 Å². The molecule has 3 heterocycles. The van der Waals surface area contributed by atoms with Crippen LogP contribution in [0.4, 0.5) is 14.9 Å². The van der Waals surface area contributed by atoms with Crippen LogP contribution in [0, 0.1) is 5.82 Å². The highest BCUT2D eigenvalue weighted by atomic mass is 35.5. The predicted molar refractivity (Wildman–Crippen MR) is 115 cm³/mol. The molecular weight excluding hydrogens is 403 g/mol. The fraction of sp³-hybridized carbons (Fsp3) is 0.130. The molecule has 5 nitrogen and oxygen atoms in total. The van der Waals surface area contributed by atoms with Crippen LogP contribution in [0.5, 0.6) is 0 Å². The molecule has 0 saturated carbocycles. The van der Waals surface area contributed by atoms with Gasteiger partial charge in [0.1, 0.15) is 11.9 Å². The summed E-state index contributed by atoms with van der Waals surface area (Å²) in [5.74, 6) is -0.524. The van der Waals surface area contributed by atoms with Crippen LogP contribution in [0.15, 0.2) is 67.0 Å². The van der Waals surface area contributed by atoms with E-state index in [-0.39, 0.29) is 17.1 Å². The molecule has 2 aromatic heterocycles. The Balaban J connectivity index is 1.55. The Morgan fingerprint density at radius 1 is 1.20 bits per heavy atom. The number of anilines is 1. The second-order valence-electron chi connectivity index (χ2n) is 7.25. The summed E-state index contributed by atoms with van der Waals surface area (Å²) in [6.07, 6.45) is 4.22. The summed E-state index contributed by atoms with van der Waals surface area (Å²) in [6, 6.07) is 15.5. The van der Waals surface area contributed by atoms with E-state index in [1.807, 2.05) is 30.3 Å². The van der Waals surface area contributed by atoms with Crippen molar-refractivity contribution in [1.82, 2.24) is 14.9 Å². The molecule has 0 saturated heterocycles. The number of hydrogen-bond donors (Lipinski definition) is 2. The molecule has 0 fully saturated rings. The van der Waals surface area contributed by atoms with Crippen LogP contribution in [0.2, 0.25) is 5.02 Å². The van der Waals surface area contributed by atoms with E-state index >= 15 is 0 Å². The van der Waals surface area contributed by atoms with Gasteiger partial charge in [0, 0.05) is 41.2 Å². The first-order valence-electron chi connectivity index (χ1n) is 9.64. The maximum Gasteiger partial charge on any atom is 0.322 e. The highest BCUT2D eigenvalue weighted by molar-refractivity contribution is 6.31. The number of pyridine rings is 1. The minimum atomic E-state index is -0.524. The SMILES string of the molecule is O=C(Nc1ccc(F)c(Cl)c1)N1CCc2c([nH]c3ccccc23)C1c1cccnc1. The van der Waals surface area contributed by atoms with Crippen molar-refractivity contribution in [2.75, 3.05) is 11.9 Å². The van der Waals surface area contributed by atoms with Gasteiger partial charge in [-0.2, -0.15) is 0 Å². The Bertz CT molecular complexity index is 1240. The summed E-state index contributed by atoms with van der Waals surface area (Å²) < 4.78 is 13.5. The molecule has 7 heteroatoms. The van der Waals surface area contributed by atoms with E-state index in [2.05, 4.69) is 21.4 Å². The Kier molecular flexibility index (Phi) is 4.64. The van der Waals surface area contributed by atoms with Gasteiger partial charge in [-0.3, -0.25) is 4.98 Å². The van der Waals surface area contributed by atoms with Crippen LogP contribution in [-0.4, -0.2) is 27.4 Å². The first-order valence-corrected chi connectivity index (χ1v) is 10.0. The number of H-pyrrole nitrogens is 1. The summed E-state index contributed by atoms with van der Waals surface area (Å²) in [4.78, 5) is 22.8. The van der Waals surface area contributed by atoms with Crippen LogP contribution in [-0.2, 0) is 6.42 Å². The molecule has 0 bridgehead atoms. The highest BCUT2D eigenvalue weighted by Gasteiger charge is 2.34. The summed E-state index contributed by atoms with van der Waals surface area (Å²) in [5, 5.41) is 3.98. The van der Waals surface area contributed by atoms with Crippen molar-refractivity contribution in [2.45, 2.75) is 12.5 Å². The topological polar surface area (TPSA) is 61.0 Å². The maximum absolute atomic E-state index is 13.5. The number of fused-ring (bicyclic) bond motifs is 3. The lowest BCUT2D eigenvalue weighted by Crippen LogP contribution is -2.43. The zero-order chi connectivity index (χ0) is 20.7. The van der Waals surface area contributed by atoms with Gasteiger partial charge >= 0.3 is 6.03 Å². The summed E-state index contributed by atoms with van der Waals surface area (Å²) in [6.45, 7) is 0.537. The van der Waals surface area contributed by atoms with E-state index in [9.17, 15) is 9.18 Å². The average Bonchev–Trinajstić information content (AvgIpc) is 3.15. The van der Waals surface area contributed by atoms with Gasteiger partial charge in [0.25, 0.3) is 0 Å². The summed E-state index contributed by atoms with van der Waals surface area (Å²) >= 11 is 5.87. The maximum atomic E-state index is 13.5. The van der Waals surface area contributed by atoms with Gasteiger partial charge in [-0.1, -0.05) is 35.9 Å². The number of aromatic amines is 1. The van der Waals surface area contributed by atoms with Gasteiger partial charge in [0.15, 0.2) is 0 Å². The third-order valence-electron chi connectivity index (χ3n) is 5.47. The zero-order valence-electron chi connectivity index (χ0n) is 15.9. The lowest BCUT2D eigenvalue weighted by atomic mass is 9.93. The van der Waals surface area contributed by atoms with Gasteiger partial charge in [-0.25, -0.2) is 9.18 Å². The molecule has 1 unspecified atom stereocenters. The molecule has 0 spiro atoms. The minimum Gasteiger partial charge on any atom is -0.356 e. The normalized spacial score (nSPS) is 15.8. The molecule has 150 valence electrons. The molecule has 0 radical (unpaired) electrons. The molecule has 1 aliphatic rings. The van der Waals surface area contributed by atoms with E-state index in [0.717, 1.165) is 23.2 Å². The Morgan fingerprint density at radius 2 is 2.07 bits per heavy atom. The monoisotopic (exact) mass is 420 g/mol. The Morgan fingerprint density at radius 3 is 2.87 bits per heavy atom. The molecule has 1 aliphatic heterocycles. The van der Waals surface area contributed by atoms with Crippen molar-refractivity contribution < 1.29 is 9.18 Å². The highest BCUT2D eigenvalue weighted by Crippen LogP contribution is 2.38. The third kappa shape index (κ3) is 3.19. The van der Waals surface area contributed by atoms with Crippen molar-refractivity contribution in [3.8, 4) is 0 Å². The van der Waals surface area contributed by atoms with E-state index < -0.39 is 5.82 Å². The predicted octanol–water partition coefficient (Wildman–Crippen LogP) is 5.54. The number of para-hydroxylation sites is 1. The largest absolute Gasteiger partial charge is 0.356 e. The number of rotatable bonds is 2. The fourth-order valence-corrected chi connectivity index (χ4v) is 4.29. The third-order valence-corrected chi connectivity index (χ3v) is 5.76. The first kappa shape index (κ1) is 18.6. The number of benzene rings is 2. The van der Waals surface area contributed by atoms with Crippen LogP contribution < -0.4 is 5.32 Å². The molecule has 0 aliphatic carbocycles. The number of carbonyl (C=O) groups excluding carboxylic acids is 1. The Hall–Kier alpha value is -3.38. The standard InChI is InChI=1S/C23H18ClFN4O/c24-18-12-15(7-8-19(18)25)27-23(30)29-11-9-17-16-5-1-2-6-20(16)28-21(17)22(29)14-4-3-10-26-13-14/h1-8,10,12-13,22,28H,9,11H2,(H,27,30). The molecule has 1 atom stereocenters. The van der Waals surface area contributed by atoms with Crippen molar-refractivity contribution >= 4 is 34.2 Å². The van der Waals surface area contributed by atoms with E-state index in [1.54, 1.807) is 17.3 Å². The zero-order valence-corrected chi connectivity index (χ0v) is 16.7. The van der Waals surface area contributed by atoms with Crippen LogP contribution in [0.3, 0.4) is 0 Å². The Labute approximate surface area is 177 Å². The van der Waals surface area contributed by atoms with E-state index in [1.165, 1.54) is 29.1 Å². The van der Waals surface area contributed by atoms with Gasteiger partial charge in [0.05, 0.1) is 5.02 Å². The second kappa shape index (κ2) is 7.46. The molecule has 5 rings (SSSR count). The number of nitrogens with one attached hydrogen (secondary N) is 2. The molecule has 30 heavy (non-hydrogen) atoms. The van der Waals surface area contributed by atoms with Crippen molar-refractivity contribution in [1.29, 1.82) is 0 Å². The number of carbonyl (C=O) groups is 1. The van der Waals surface area contributed by atoms with E-state index in [0.29, 0.717) is 12.2 Å². The van der Waals surface area contributed by atoms with Gasteiger partial charge < -0.3 is 15.2 Å². The number of urea groups is 1. The number of halogens is 2. The lowest BCUT2D eigenvalue weighted by Gasteiger charge is -2.36. The lowest BCUT2D eigenvalue weighted by molar-refractivity contribution is 0.193. The number of nitrogens with zero attached hydrogens (tertiary/aromatic N) is 2.